The average Bonchev–Trinajstić information content (AvgIpc) is 2.79. The number of amides is 1. The van der Waals surface area contributed by atoms with Crippen LogP contribution in [0.4, 0.5) is 11.4 Å². The molecule has 0 unspecified atom stereocenters. The van der Waals surface area contributed by atoms with Gasteiger partial charge in [0.15, 0.2) is 5.75 Å². The van der Waals surface area contributed by atoms with Crippen molar-refractivity contribution in [1.29, 1.82) is 0 Å². The molecule has 0 saturated carbocycles. The van der Waals surface area contributed by atoms with Crippen LogP contribution in [0.2, 0.25) is 5.02 Å². The van der Waals surface area contributed by atoms with E-state index < -0.39 is 15.9 Å². The number of nitrogens with one attached hydrogen (secondary N) is 2. The molecule has 1 aliphatic rings. The summed E-state index contributed by atoms with van der Waals surface area (Å²) in [5.41, 5.74) is 2.54. The summed E-state index contributed by atoms with van der Waals surface area (Å²) in [6.07, 6.45) is 0. The second-order valence-electron chi connectivity index (χ2n) is 6.70. The van der Waals surface area contributed by atoms with Crippen molar-refractivity contribution in [3.63, 3.8) is 0 Å². The molecule has 3 aromatic carbocycles. The van der Waals surface area contributed by atoms with E-state index in [1.165, 1.54) is 6.07 Å². The SMILES string of the molecule is Cc1ccccc1CS(=O)(=O)Nc1ccc2c(c1)C(=O)Nc1cc(Cl)ccc1O2. The van der Waals surface area contributed by atoms with Gasteiger partial charge in [0, 0.05) is 10.7 Å². The van der Waals surface area contributed by atoms with Crippen molar-refractivity contribution in [3.8, 4) is 11.5 Å². The number of fused-ring (bicyclic) bond motifs is 2. The highest BCUT2D eigenvalue weighted by Gasteiger charge is 2.22. The maximum absolute atomic E-state index is 12.6. The molecular formula is C21H17ClN2O4S. The van der Waals surface area contributed by atoms with Crippen LogP contribution in [0.25, 0.3) is 0 Å². The first-order valence-corrected chi connectivity index (χ1v) is 10.8. The van der Waals surface area contributed by atoms with Crippen molar-refractivity contribution in [3.05, 3.63) is 82.4 Å². The Morgan fingerprint density at radius 3 is 2.59 bits per heavy atom. The molecule has 0 fully saturated rings. The standard InChI is InChI=1S/C21H17ClN2O4S/c1-13-4-2-3-5-14(13)12-29(26,27)24-16-7-9-19-17(11-16)21(25)23-18-10-15(22)6-8-20(18)28-19/h2-11,24H,12H2,1H3,(H,23,25). The van der Waals surface area contributed by atoms with Gasteiger partial charge in [-0.15, -0.1) is 0 Å². The molecule has 148 valence electrons. The molecule has 0 radical (unpaired) electrons. The number of ether oxygens (including phenoxy) is 1. The predicted octanol–water partition coefficient (Wildman–Crippen LogP) is 4.95. The lowest BCUT2D eigenvalue weighted by Gasteiger charge is -2.12. The molecule has 1 aliphatic heterocycles. The van der Waals surface area contributed by atoms with E-state index in [0.717, 1.165) is 5.56 Å². The van der Waals surface area contributed by atoms with Gasteiger partial charge in [-0.25, -0.2) is 8.42 Å². The molecule has 1 amide bonds. The number of carbonyl (C=O) groups is 1. The van der Waals surface area contributed by atoms with Gasteiger partial charge in [-0.1, -0.05) is 35.9 Å². The molecule has 1 heterocycles. The monoisotopic (exact) mass is 428 g/mol. The molecular weight excluding hydrogens is 412 g/mol. The number of aryl methyl sites for hydroxylation is 1. The molecule has 6 nitrogen and oxygen atoms in total. The normalized spacial score (nSPS) is 12.8. The van der Waals surface area contributed by atoms with Gasteiger partial charge in [0.05, 0.1) is 17.0 Å². The zero-order valence-corrected chi connectivity index (χ0v) is 17.0. The number of hydrogen-bond donors (Lipinski definition) is 2. The van der Waals surface area contributed by atoms with E-state index in [0.29, 0.717) is 27.8 Å². The highest BCUT2D eigenvalue weighted by Crippen LogP contribution is 2.38. The number of carbonyl (C=O) groups excluding carboxylic acids is 1. The fourth-order valence-electron chi connectivity index (χ4n) is 3.05. The van der Waals surface area contributed by atoms with Gasteiger partial charge >= 0.3 is 0 Å². The van der Waals surface area contributed by atoms with Gasteiger partial charge in [0.25, 0.3) is 5.91 Å². The molecule has 3 aromatic rings. The number of halogens is 1. The molecule has 0 aromatic heterocycles. The first kappa shape index (κ1) is 19.3. The van der Waals surface area contributed by atoms with Crippen LogP contribution in [0.1, 0.15) is 21.5 Å². The van der Waals surface area contributed by atoms with Gasteiger partial charge in [0.2, 0.25) is 10.0 Å². The first-order chi connectivity index (χ1) is 13.8. The van der Waals surface area contributed by atoms with Crippen LogP contribution in [0.15, 0.2) is 60.7 Å². The van der Waals surface area contributed by atoms with Crippen LogP contribution < -0.4 is 14.8 Å². The third-order valence-electron chi connectivity index (χ3n) is 4.51. The zero-order chi connectivity index (χ0) is 20.6. The Morgan fingerprint density at radius 1 is 1.03 bits per heavy atom. The largest absolute Gasteiger partial charge is 0.454 e. The number of anilines is 2. The third-order valence-corrected chi connectivity index (χ3v) is 5.99. The molecule has 8 heteroatoms. The summed E-state index contributed by atoms with van der Waals surface area (Å²) >= 11 is 5.98. The Balaban J connectivity index is 1.60. The van der Waals surface area contributed by atoms with E-state index in [1.807, 2.05) is 19.1 Å². The average molecular weight is 429 g/mol. The number of benzene rings is 3. The van der Waals surface area contributed by atoms with E-state index in [1.54, 1.807) is 42.5 Å². The lowest BCUT2D eigenvalue weighted by molar-refractivity contribution is 0.102. The smallest absolute Gasteiger partial charge is 0.259 e. The Hall–Kier alpha value is -3.03. The van der Waals surface area contributed by atoms with Crippen LogP contribution in [0.3, 0.4) is 0 Å². The van der Waals surface area contributed by atoms with Crippen LogP contribution in [-0.4, -0.2) is 14.3 Å². The summed E-state index contributed by atoms with van der Waals surface area (Å²) in [7, 11) is -3.66. The quantitative estimate of drug-likeness (QED) is 0.615. The van der Waals surface area contributed by atoms with Crippen molar-refractivity contribution in [1.82, 2.24) is 0 Å². The van der Waals surface area contributed by atoms with E-state index in [-0.39, 0.29) is 17.0 Å². The maximum Gasteiger partial charge on any atom is 0.259 e. The highest BCUT2D eigenvalue weighted by molar-refractivity contribution is 7.91. The molecule has 0 spiro atoms. The minimum Gasteiger partial charge on any atom is -0.454 e. The Labute approximate surface area is 173 Å². The lowest BCUT2D eigenvalue weighted by atomic mass is 10.1. The summed E-state index contributed by atoms with van der Waals surface area (Å²) in [5, 5.41) is 3.19. The van der Waals surface area contributed by atoms with Crippen molar-refractivity contribution >= 4 is 38.9 Å². The number of hydrogen-bond acceptors (Lipinski definition) is 4. The van der Waals surface area contributed by atoms with Crippen molar-refractivity contribution in [2.24, 2.45) is 0 Å². The Bertz CT molecular complexity index is 1230. The van der Waals surface area contributed by atoms with Crippen molar-refractivity contribution < 1.29 is 17.9 Å². The van der Waals surface area contributed by atoms with Gasteiger partial charge in [-0.2, -0.15) is 0 Å². The van der Waals surface area contributed by atoms with Gasteiger partial charge < -0.3 is 10.1 Å². The molecule has 0 saturated heterocycles. The van der Waals surface area contributed by atoms with Crippen LogP contribution in [0, 0.1) is 6.92 Å². The Kier molecular flexibility index (Phi) is 4.94. The molecule has 0 aliphatic carbocycles. The number of rotatable bonds is 4. The summed E-state index contributed by atoms with van der Waals surface area (Å²) in [6, 6.07) is 16.8. The van der Waals surface area contributed by atoms with Gasteiger partial charge in [-0.05, 0) is 54.4 Å². The highest BCUT2D eigenvalue weighted by atomic mass is 35.5. The van der Waals surface area contributed by atoms with Crippen LogP contribution in [0.5, 0.6) is 11.5 Å². The number of sulfonamides is 1. The summed E-state index contributed by atoms with van der Waals surface area (Å²) in [4.78, 5) is 12.6. The predicted molar refractivity (Wildman–Crippen MR) is 113 cm³/mol. The van der Waals surface area contributed by atoms with E-state index in [9.17, 15) is 13.2 Å². The van der Waals surface area contributed by atoms with Crippen LogP contribution >= 0.6 is 11.6 Å². The lowest BCUT2D eigenvalue weighted by Crippen LogP contribution is -2.16. The zero-order valence-electron chi connectivity index (χ0n) is 15.4. The fourth-order valence-corrected chi connectivity index (χ4v) is 4.51. The maximum atomic E-state index is 12.6. The molecule has 29 heavy (non-hydrogen) atoms. The van der Waals surface area contributed by atoms with Crippen molar-refractivity contribution in [2.45, 2.75) is 12.7 Å². The third kappa shape index (κ3) is 4.21. The van der Waals surface area contributed by atoms with E-state index in [2.05, 4.69) is 10.0 Å². The first-order valence-electron chi connectivity index (χ1n) is 8.78. The minimum absolute atomic E-state index is 0.163. The topological polar surface area (TPSA) is 84.5 Å². The van der Waals surface area contributed by atoms with Crippen molar-refractivity contribution in [2.75, 3.05) is 10.0 Å². The van der Waals surface area contributed by atoms with Gasteiger partial charge in [0.1, 0.15) is 5.75 Å². The van der Waals surface area contributed by atoms with E-state index in [4.69, 9.17) is 16.3 Å². The molecule has 4 rings (SSSR count). The summed E-state index contributed by atoms with van der Waals surface area (Å²) in [5.74, 6) is 0.199. The minimum atomic E-state index is -3.66. The summed E-state index contributed by atoms with van der Waals surface area (Å²) < 4.78 is 33.5. The molecule has 2 N–H and O–H groups in total. The molecule has 0 atom stereocenters. The molecule has 0 bridgehead atoms. The van der Waals surface area contributed by atoms with Gasteiger partial charge in [-0.3, -0.25) is 9.52 Å². The fraction of sp³-hybridized carbons (Fsp3) is 0.0952. The Morgan fingerprint density at radius 2 is 1.79 bits per heavy atom. The second kappa shape index (κ2) is 7.42. The van der Waals surface area contributed by atoms with E-state index >= 15 is 0 Å². The summed E-state index contributed by atoms with van der Waals surface area (Å²) in [6.45, 7) is 1.86. The van der Waals surface area contributed by atoms with Crippen LogP contribution in [-0.2, 0) is 15.8 Å². The second-order valence-corrected chi connectivity index (χ2v) is 8.85.